The summed E-state index contributed by atoms with van der Waals surface area (Å²) in [5.74, 6) is -0.231. The molecular weight excluding hydrogens is 530 g/mol. The molecule has 3 aromatic carbocycles. The minimum atomic E-state index is -0.994. The van der Waals surface area contributed by atoms with E-state index in [2.05, 4.69) is 5.32 Å². The van der Waals surface area contributed by atoms with Crippen molar-refractivity contribution < 1.29 is 24.2 Å². The van der Waals surface area contributed by atoms with Crippen LogP contribution in [0, 0.1) is 6.92 Å². The second kappa shape index (κ2) is 11.2. The van der Waals surface area contributed by atoms with Crippen LogP contribution in [0.25, 0.3) is 16.7 Å². The van der Waals surface area contributed by atoms with Gasteiger partial charge >= 0.3 is 5.97 Å². The Morgan fingerprint density at radius 3 is 2.70 bits per heavy atom. The van der Waals surface area contributed by atoms with Gasteiger partial charge in [0.25, 0.3) is 0 Å². The number of methoxy groups -OCH3 is 1. The van der Waals surface area contributed by atoms with Crippen molar-refractivity contribution in [3.8, 4) is 22.6 Å². The number of rotatable bonds is 7. The van der Waals surface area contributed by atoms with Crippen molar-refractivity contribution in [1.29, 1.82) is 0 Å². The minimum Gasteiger partial charge on any atom is -0.504 e. The number of ether oxygens (including phenoxy) is 2. The quantitative estimate of drug-likeness (QED) is 0.366. The van der Waals surface area contributed by atoms with Gasteiger partial charge in [-0.3, -0.25) is 9.69 Å². The maximum atomic E-state index is 13.2. The molecule has 0 radical (unpaired) electrons. The molecule has 1 atom stereocenters. The average Bonchev–Trinajstić information content (AvgIpc) is 3.17. The first-order valence-electron chi connectivity index (χ1n) is 13.2. The Labute approximate surface area is 238 Å². The number of amides is 1. The van der Waals surface area contributed by atoms with Crippen molar-refractivity contribution >= 4 is 29.1 Å². The molecule has 9 heteroatoms. The second-order valence-corrected chi connectivity index (χ2v) is 10.7. The highest BCUT2D eigenvalue weighted by Gasteiger charge is 2.49. The number of phenols is 1. The third-order valence-electron chi connectivity index (χ3n) is 7.56. The number of hydrogen-bond donors (Lipinski definition) is 3. The molecule has 1 amide bonds. The summed E-state index contributed by atoms with van der Waals surface area (Å²) < 4.78 is 11.2. The third kappa shape index (κ3) is 5.37. The molecule has 1 spiro atoms. The predicted molar refractivity (Wildman–Crippen MR) is 154 cm³/mol. The molecule has 40 heavy (non-hydrogen) atoms. The topological polar surface area (TPSA) is 114 Å². The summed E-state index contributed by atoms with van der Waals surface area (Å²) in [6, 6.07) is 18.3. The van der Waals surface area contributed by atoms with Gasteiger partial charge in [-0.25, -0.2) is 4.79 Å². The van der Waals surface area contributed by atoms with Gasteiger partial charge in [-0.05, 0) is 72.8 Å². The maximum Gasteiger partial charge on any atom is 0.341 e. The molecule has 208 valence electrons. The number of nitrogens with two attached hydrogens (primary N) is 1. The van der Waals surface area contributed by atoms with Crippen LogP contribution in [0.4, 0.5) is 0 Å². The van der Waals surface area contributed by atoms with Crippen LogP contribution < -0.4 is 15.8 Å². The van der Waals surface area contributed by atoms with Gasteiger partial charge in [-0.2, -0.15) is 0 Å². The van der Waals surface area contributed by atoms with Crippen LogP contribution in [0.15, 0.2) is 66.4 Å². The van der Waals surface area contributed by atoms with Gasteiger partial charge in [-0.15, -0.1) is 0 Å². The molecule has 2 aliphatic rings. The van der Waals surface area contributed by atoms with Crippen LogP contribution in [0.1, 0.15) is 29.5 Å². The van der Waals surface area contributed by atoms with Crippen LogP contribution >= 0.6 is 11.6 Å². The Morgan fingerprint density at radius 1 is 1.18 bits per heavy atom. The van der Waals surface area contributed by atoms with Gasteiger partial charge in [0.15, 0.2) is 17.1 Å². The van der Waals surface area contributed by atoms with Crippen molar-refractivity contribution in [1.82, 2.24) is 10.2 Å². The minimum absolute atomic E-state index is 0.0304. The largest absolute Gasteiger partial charge is 0.504 e. The van der Waals surface area contributed by atoms with Crippen molar-refractivity contribution in [3.05, 3.63) is 88.1 Å². The molecule has 0 saturated carbocycles. The van der Waals surface area contributed by atoms with E-state index in [0.717, 1.165) is 28.7 Å². The van der Waals surface area contributed by atoms with Crippen molar-refractivity contribution in [2.45, 2.75) is 31.9 Å². The van der Waals surface area contributed by atoms with Gasteiger partial charge in [0.2, 0.25) is 5.91 Å². The van der Waals surface area contributed by atoms with E-state index in [9.17, 15) is 14.7 Å². The van der Waals surface area contributed by atoms with Gasteiger partial charge < -0.3 is 25.6 Å². The van der Waals surface area contributed by atoms with E-state index in [0.29, 0.717) is 53.7 Å². The highest BCUT2D eigenvalue weighted by Crippen LogP contribution is 2.43. The number of likely N-dealkylation sites (tertiary alicyclic amines) is 1. The standard InChI is InChI=1S/C31H32ClN3O5/c1-19-13-23(21-9-10-25(36)26(14-21)39-2)24(32)15-22(19)28-29(33)31(40-30(28)38)11-6-12-35(18-31)17-27(37)34-16-20-7-4-3-5-8-20/h3-5,7-10,13-15,36H,6,11-12,16-18,33H2,1-2H3,(H,34,37). The molecular formula is C31H32ClN3O5. The zero-order valence-electron chi connectivity index (χ0n) is 22.5. The molecule has 1 saturated heterocycles. The number of esters is 1. The van der Waals surface area contributed by atoms with Gasteiger partial charge in [0.05, 0.1) is 24.9 Å². The number of hydrogen-bond acceptors (Lipinski definition) is 7. The first kappa shape index (κ1) is 27.6. The zero-order chi connectivity index (χ0) is 28.4. The molecule has 8 nitrogen and oxygen atoms in total. The van der Waals surface area contributed by atoms with E-state index in [-0.39, 0.29) is 18.2 Å². The number of phenolic OH excluding ortho intramolecular Hbond substituents is 1. The monoisotopic (exact) mass is 561 g/mol. The number of nitrogens with zero attached hydrogens (tertiary/aromatic N) is 1. The smallest absolute Gasteiger partial charge is 0.341 e. The number of nitrogens with one attached hydrogen (secondary N) is 1. The summed E-state index contributed by atoms with van der Waals surface area (Å²) in [6.07, 6.45) is 1.31. The molecule has 1 fully saturated rings. The first-order valence-corrected chi connectivity index (χ1v) is 13.5. The number of carbonyl (C=O) groups is 2. The SMILES string of the molecule is COc1cc(-c2cc(C)c(C3=C(N)C4(CCCN(CC(=O)NCc5ccccc5)C4)OC3=O)cc2Cl)ccc1O. The van der Waals surface area contributed by atoms with Crippen LogP contribution in [0.2, 0.25) is 5.02 Å². The molecule has 1 unspecified atom stereocenters. The highest BCUT2D eigenvalue weighted by molar-refractivity contribution is 6.34. The Bertz CT molecular complexity index is 1490. The Balaban J connectivity index is 1.36. The van der Waals surface area contributed by atoms with Gasteiger partial charge in [0, 0.05) is 23.7 Å². The van der Waals surface area contributed by atoms with Crippen LogP contribution in [0.3, 0.4) is 0 Å². The number of aromatic hydroxyl groups is 1. The Morgan fingerprint density at radius 2 is 1.95 bits per heavy atom. The third-order valence-corrected chi connectivity index (χ3v) is 7.87. The molecule has 2 aliphatic heterocycles. The van der Waals surface area contributed by atoms with E-state index in [1.807, 2.05) is 48.2 Å². The highest BCUT2D eigenvalue weighted by atomic mass is 35.5. The van der Waals surface area contributed by atoms with Crippen molar-refractivity contribution in [2.24, 2.45) is 5.73 Å². The van der Waals surface area contributed by atoms with E-state index >= 15 is 0 Å². The maximum absolute atomic E-state index is 13.2. The average molecular weight is 562 g/mol. The second-order valence-electron chi connectivity index (χ2n) is 10.3. The number of carbonyl (C=O) groups excluding carboxylic acids is 2. The predicted octanol–water partition coefficient (Wildman–Crippen LogP) is 4.41. The number of halogens is 1. The fraction of sp³-hybridized carbons (Fsp3) is 0.290. The molecule has 0 aromatic heterocycles. The summed E-state index contributed by atoms with van der Waals surface area (Å²) in [7, 11) is 1.48. The van der Waals surface area contributed by atoms with Gasteiger partial charge in [0.1, 0.15) is 0 Å². The van der Waals surface area contributed by atoms with Crippen LogP contribution in [0.5, 0.6) is 11.5 Å². The first-order chi connectivity index (χ1) is 19.2. The van der Waals surface area contributed by atoms with E-state index in [4.69, 9.17) is 26.8 Å². The van der Waals surface area contributed by atoms with E-state index in [1.54, 1.807) is 24.3 Å². The molecule has 2 heterocycles. The molecule has 0 aliphatic carbocycles. The lowest BCUT2D eigenvalue weighted by Crippen LogP contribution is -2.53. The number of aryl methyl sites for hydroxylation is 1. The lowest BCUT2D eigenvalue weighted by Gasteiger charge is -2.39. The van der Waals surface area contributed by atoms with Crippen LogP contribution in [-0.4, -0.2) is 54.2 Å². The summed E-state index contributed by atoms with van der Waals surface area (Å²) in [5.41, 5.74) is 10.3. The lowest BCUT2D eigenvalue weighted by atomic mass is 9.86. The summed E-state index contributed by atoms with van der Waals surface area (Å²) in [6.45, 7) is 3.56. The van der Waals surface area contributed by atoms with E-state index in [1.165, 1.54) is 7.11 Å². The summed E-state index contributed by atoms with van der Waals surface area (Å²) in [5, 5.41) is 13.3. The van der Waals surface area contributed by atoms with Crippen LogP contribution in [-0.2, 0) is 20.9 Å². The lowest BCUT2D eigenvalue weighted by molar-refractivity contribution is -0.149. The summed E-state index contributed by atoms with van der Waals surface area (Å²) in [4.78, 5) is 27.9. The van der Waals surface area contributed by atoms with Crippen molar-refractivity contribution in [3.63, 3.8) is 0 Å². The van der Waals surface area contributed by atoms with Gasteiger partial charge in [-0.1, -0.05) is 48.0 Å². The number of piperidine rings is 1. The normalized spacial score (nSPS) is 19.1. The fourth-order valence-electron chi connectivity index (χ4n) is 5.49. The molecule has 0 bridgehead atoms. The fourth-order valence-corrected chi connectivity index (χ4v) is 5.77. The molecule has 5 rings (SSSR count). The Hall–Kier alpha value is -4.01. The van der Waals surface area contributed by atoms with E-state index < -0.39 is 11.6 Å². The molecule has 3 aromatic rings. The Kier molecular flexibility index (Phi) is 7.74. The summed E-state index contributed by atoms with van der Waals surface area (Å²) >= 11 is 6.71. The zero-order valence-corrected chi connectivity index (χ0v) is 23.3. The number of benzene rings is 3. The molecule has 4 N–H and O–H groups in total. The van der Waals surface area contributed by atoms with Crippen molar-refractivity contribution in [2.75, 3.05) is 26.7 Å².